The Morgan fingerprint density at radius 1 is 0.853 bits per heavy atom. The van der Waals surface area contributed by atoms with Crippen molar-refractivity contribution in [3.05, 3.63) is 94.8 Å². The monoisotopic (exact) mass is 447 g/mol. The smallest absolute Gasteiger partial charge is 0.336 e. The molecule has 0 aliphatic heterocycles. The summed E-state index contributed by atoms with van der Waals surface area (Å²) in [5.74, 6) is -0.312. The van der Waals surface area contributed by atoms with Gasteiger partial charge in [0.2, 0.25) is 0 Å². The molecule has 7 nitrogen and oxygen atoms in total. The summed E-state index contributed by atoms with van der Waals surface area (Å²) in [7, 11) is 0. The van der Waals surface area contributed by atoms with Crippen molar-refractivity contribution < 1.29 is 14.6 Å². The molecule has 0 bridgehead atoms. The Morgan fingerprint density at radius 3 is 2.32 bits per heavy atom. The summed E-state index contributed by atoms with van der Waals surface area (Å²) in [6, 6.07) is 24.0. The van der Waals surface area contributed by atoms with Crippen molar-refractivity contribution in [1.82, 2.24) is 4.98 Å². The molecule has 164 valence electrons. The zero-order valence-corrected chi connectivity index (χ0v) is 17.7. The van der Waals surface area contributed by atoms with E-state index in [9.17, 15) is 20.3 Å². The van der Waals surface area contributed by atoms with Gasteiger partial charge in [0.05, 0.1) is 11.3 Å². The van der Waals surface area contributed by atoms with E-state index in [1.165, 1.54) is 24.3 Å². The van der Waals surface area contributed by atoms with Crippen LogP contribution in [0.25, 0.3) is 44.5 Å². The van der Waals surface area contributed by atoms with Crippen molar-refractivity contribution in [2.24, 2.45) is 0 Å². The van der Waals surface area contributed by atoms with E-state index in [4.69, 9.17) is 10.2 Å². The first-order valence-corrected chi connectivity index (χ1v) is 10.3. The molecule has 0 aliphatic carbocycles. The van der Waals surface area contributed by atoms with E-state index < -0.39 is 5.63 Å². The maximum Gasteiger partial charge on any atom is 0.336 e. The Bertz CT molecular complexity index is 1670. The summed E-state index contributed by atoms with van der Waals surface area (Å²) in [5, 5.41) is 31.4. The molecule has 0 radical (unpaired) electrons. The highest BCUT2D eigenvalue weighted by Gasteiger charge is 2.21. The second kappa shape index (κ2) is 8.11. The molecule has 7 heteroatoms. The third-order valence-electron chi connectivity index (χ3n) is 5.59. The van der Waals surface area contributed by atoms with Crippen LogP contribution in [0, 0.1) is 11.3 Å². The van der Waals surface area contributed by atoms with Gasteiger partial charge in [0.15, 0.2) is 5.58 Å². The molecule has 0 unspecified atom stereocenters. The number of nitrogens with two attached hydrogens (primary N) is 1. The second-order valence-corrected chi connectivity index (χ2v) is 7.63. The van der Waals surface area contributed by atoms with Crippen LogP contribution in [-0.4, -0.2) is 15.2 Å². The number of nitrogen functional groups attached to an aromatic ring is 1. The van der Waals surface area contributed by atoms with E-state index in [0.717, 1.165) is 5.56 Å². The quantitative estimate of drug-likeness (QED) is 0.329. The normalized spacial score (nSPS) is 10.8. The first-order chi connectivity index (χ1) is 16.5. The van der Waals surface area contributed by atoms with Crippen LogP contribution in [0.1, 0.15) is 5.56 Å². The molecule has 5 aromatic rings. The van der Waals surface area contributed by atoms with Crippen LogP contribution in [0.2, 0.25) is 0 Å². The summed E-state index contributed by atoms with van der Waals surface area (Å²) < 4.78 is 5.55. The van der Waals surface area contributed by atoms with Crippen molar-refractivity contribution >= 4 is 16.8 Å². The number of phenols is 2. The Hall–Kier alpha value is -5.09. The highest BCUT2D eigenvalue weighted by molar-refractivity contribution is 6.02. The summed E-state index contributed by atoms with van der Waals surface area (Å²) in [6.07, 6.45) is 0. The molecule has 4 N–H and O–H groups in total. The van der Waals surface area contributed by atoms with Gasteiger partial charge in [-0.1, -0.05) is 48.5 Å². The molecule has 0 amide bonds. The topological polar surface area (TPSA) is 133 Å². The minimum atomic E-state index is -0.597. The van der Waals surface area contributed by atoms with Crippen molar-refractivity contribution in [2.45, 2.75) is 0 Å². The van der Waals surface area contributed by atoms with E-state index in [1.807, 2.05) is 36.4 Å². The van der Waals surface area contributed by atoms with E-state index in [0.29, 0.717) is 22.1 Å². The van der Waals surface area contributed by atoms with E-state index in [1.54, 1.807) is 24.3 Å². The van der Waals surface area contributed by atoms with Gasteiger partial charge in [-0.2, -0.15) is 5.26 Å². The predicted molar refractivity (Wildman–Crippen MR) is 129 cm³/mol. The highest BCUT2D eigenvalue weighted by Crippen LogP contribution is 2.42. The van der Waals surface area contributed by atoms with Crippen LogP contribution in [-0.2, 0) is 0 Å². The van der Waals surface area contributed by atoms with Gasteiger partial charge in [0.1, 0.15) is 28.9 Å². The number of benzene rings is 3. The number of fused-ring (bicyclic) bond motifs is 1. The maximum absolute atomic E-state index is 12.5. The van der Waals surface area contributed by atoms with Crippen molar-refractivity contribution in [2.75, 3.05) is 5.73 Å². The zero-order chi connectivity index (χ0) is 23.8. The molecule has 0 saturated heterocycles. The van der Waals surface area contributed by atoms with Gasteiger partial charge in [-0.25, -0.2) is 9.78 Å². The fraction of sp³-hybridized carbons (Fsp3) is 0. The number of pyridine rings is 1. The van der Waals surface area contributed by atoms with Crippen LogP contribution in [0.3, 0.4) is 0 Å². The highest BCUT2D eigenvalue weighted by atomic mass is 16.4. The lowest BCUT2D eigenvalue weighted by Crippen LogP contribution is -2.02. The van der Waals surface area contributed by atoms with E-state index in [2.05, 4.69) is 4.98 Å². The molecule has 0 atom stereocenters. The lowest BCUT2D eigenvalue weighted by molar-refractivity contribution is 0.475. The number of nitriles is 1. The number of phenolic OH excluding ortho intramolecular Hbond substituents is 2. The molecular formula is C27H17N3O4. The Kier molecular flexibility index (Phi) is 4.96. The van der Waals surface area contributed by atoms with Gasteiger partial charge in [0.25, 0.3) is 0 Å². The molecule has 0 spiro atoms. The summed E-state index contributed by atoms with van der Waals surface area (Å²) in [5.41, 5.74) is 8.22. The number of para-hydroxylation sites is 1. The molecule has 34 heavy (non-hydrogen) atoms. The number of rotatable bonds is 3. The average Bonchev–Trinajstić information content (AvgIpc) is 2.84. The van der Waals surface area contributed by atoms with E-state index >= 15 is 0 Å². The summed E-state index contributed by atoms with van der Waals surface area (Å²) >= 11 is 0. The third-order valence-corrected chi connectivity index (χ3v) is 5.59. The van der Waals surface area contributed by atoms with Crippen LogP contribution >= 0.6 is 0 Å². The molecule has 0 aliphatic rings. The van der Waals surface area contributed by atoms with Gasteiger partial charge >= 0.3 is 5.63 Å². The first-order valence-electron chi connectivity index (χ1n) is 10.3. The third kappa shape index (κ3) is 3.40. The average molecular weight is 447 g/mol. The minimum Gasteiger partial charge on any atom is -0.507 e. The van der Waals surface area contributed by atoms with Gasteiger partial charge < -0.3 is 20.4 Å². The number of aromatic hydroxyl groups is 2. The zero-order valence-electron chi connectivity index (χ0n) is 17.7. The molecular weight excluding hydrogens is 430 g/mol. The number of nitrogens with zero attached hydrogens (tertiary/aromatic N) is 2. The molecule has 2 aromatic heterocycles. The number of aromatic nitrogens is 1. The van der Waals surface area contributed by atoms with Crippen LogP contribution in [0.5, 0.6) is 11.5 Å². The lowest BCUT2D eigenvalue weighted by Gasteiger charge is -2.14. The largest absolute Gasteiger partial charge is 0.507 e. The Labute approximate surface area is 193 Å². The molecule has 0 saturated carbocycles. The van der Waals surface area contributed by atoms with Crippen molar-refractivity contribution in [3.8, 4) is 51.1 Å². The van der Waals surface area contributed by atoms with Gasteiger partial charge in [-0.05, 0) is 35.4 Å². The lowest BCUT2D eigenvalue weighted by atomic mass is 9.95. The molecule has 3 aromatic carbocycles. The van der Waals surface area contributed by atoms with Gasteiger partial charge in [-0.3, -0.25) is 0 Å². The van der Waals surface area contributed by atoms with Gasteiger partial charge in [0, 0.05) is 22.6 Å². The van der Waals surface area contributed by atoms with Gasteiger partial charge in [-0.15, -0.1) is 0 Å². The van der Waals surface area contributed by atoms with E-state index in [-0.39, 0.29) is 39.7 Å². The number of hydrogen-bond acceptors (Lipinski definition) is 7. The maximum atomic E-state index is 12.5. The summed E-state index contributed by atoms with van der Waals surface area (Å²) in [4.78, 5) is 16.8. The van der Waals surface area contributed by atoms with Crippen LogP contribution in [0.15, 0.2) is 88.1 Å². The Morgan fingerprint density at radius 2 is 1.59 bits per heavy atom. The fourth-order valence-electron chi connectivity index (χ4n) is 4.04. The van der Waals surface area contributed by atoms with Crippen molar-refractivity contribution in [1.29, 1.82) is 5.26 Å². The number of anilines is 1. The minimum absolute atomic E-state index is 0.0458. The Balaban J connectivity index is 1.85. The molecule has 2 heterocycles. The predicted octanol–water partition coefficient (Wildman–Crippen LogP) is 5.05. The first kappa shape index (κ1) is 20.8. The SMILES string of the molecule is N#Cc1c(-c2ccccc2O)cc(-c2c(O)ccc3c(-c4ccccc4)cc(=O)oc23)nc1N. The number of hydrogen-bond donors (Lipinski definition) is 3. The second-order valence-electron chi connectivity index (χ2n) is 7.63. The standard InChI is InChI=1S/C27H17N3O4/c28-14-20-19(16-8-4-5-9-22(16)31)12-21(30-27(20)29)25-23(32)11-10-17-18(13-24(33)34-26(17)25)15-6-2-1-3-7-15/h1-13,31-32H,(H2,29,30). The van der Waals surface area contributed by atoms with Crippen molar-refractivity contribution in [3.63, 3.8) is 0 Å². The molecule has 5 rings (SSSR count). The van der Waals surface area contributed by atoms with Crippen LogP contribution < -0.4 is 11.4 Å². The fourth-order valence-corrected chi connectivity index (χ4v) is 4.04. The summed E-state index contributed by atoms with van der Waals surface area (Å²) in [6.45, 7) is 0. The molecule has 0 fully saturated rings. The van der Waals surface area contributed by atoms with Crippen LogP contribution in [0.4, 0.5) is 5.82 Å².